The Morgan fingerprint density at radius 2 is 1.55 bits per heavy atom. The average Bonchev–Trinajstić information content (AvgIpc) is 2.47. The molecule has 2 aliphatic heterocycles. The number of morpholine rings is 1. The molecule has 0 aromatic heterocycles. The molecular weight excluding hydrogens is 282 g/mol. The van der Waals surface area contributed by atoms with Crippen molar-refractivity contribution in [3.8, 4) is 0 Å². The number of rotatable bonds is 4. The summed E-state index contributed by atoms with van der Waals surface area (Å²) in [7, 11) is 0. The van der Waals surface area contributed by atoms with Gasteiger partial charge in [-0.3, -0.25) is 9.80 Å². The molecule has 118 valence electrons. The van der Waals surface area contributed by atoms with Gasteiger partial charge in [0.25, 0.3) is 0 Å². The van der Waals surface area contributed by atoms with Gasteiger partial charge in [0.15, 0.2) is 0 Å². The van der Waals surface area contributed by atoms with Crippen LogP contribution >= 0.6 is 12.4 Å². The van der Waals surface area contributed by atoms with Crippen LogP contribution in [0, 0.1) is 0 Å². The Kier molecular flexibility index (Phi) is 8.21. The topological polar surface area (TPSA) is 45.2 Å². The fourth-order valence-corrected chi connectivity index (χ4v) is 2.48. The summed E-state index contributed by atoms with van der Waals surface area (Å²) in [4.78, 5) is 18.2. The van der Waals surface area contributed by atoms with Crippen LogP contribution in [0.3, 0.4) is 0 Å². The summed E-state index contributed by atoms with van der Waals surface area (Å²) in [6.45, 7) is 11.7. The van der Waals surface area contributed by atoms with Gasteiger partial charge in [0.1, 0.15) is 0 Å². The molecule has 0 saturated carbocycles. The van der Waals surface area contributed by atoms with Crippen molar-refractivity contribution >= 4 is 18.5 Å². The molecule has 0 aromatic rings. The number of hydrogen-bond donors (Lipinski definition) is 0. The van der Waals surface area contributed by atoms with Gasteiger partial charge in [-0.2, -0.15) is 0 Å². The summed E-state index contributed by atoms with van der Waals surface area (Å²) in [5, 5.41) is 0. The highest BCUT2D eigenvalue weighted by Gasteiger charge is 2.22. The third kappa shape index (κ3) is 5.44. The Morgan fingerprint density at radius 3 is 2.10 bits per heavy atom. The van der Waals surface area contributed by atoms with Crippen molar-refractivity contribution in [3.05, 3.63) is 0 Å². The normalized spacial score (nSPS) is 21.4. The Labute approximate surface area is 127 Å². The van der Waals surface area contributed by atoms with E-state index in [9.17, 15) is 4.79 Å². The zero-order valence-corrected chi connectivity index (χ0v) is 13.1. The summed E-state index contributed by atoms with van der Waals surface area (Å²) in [5.74, 6) is 0. The van der Waals surface area contributed by atoms with Gasteiger partial charge >= 0.3 is 6.09 Å². The largest absolute Gasteiger partial charge is 0.450 e. The number of ether oxygens (including phenoxy) is 2. The van der Waals surface area contributed by atoms with E-state index in [1.807, 2.05) is 6.92 Å². The predicted molar refractivity (Wildman–Crippen MR) is 79.5 cm³/mol. The van der Waals surface area contributed by atoms with Crippen molar-refractivity contribution in [2.75, 3.05) is 72.2 Å². The molecule has 2 saturated heterocycles. The van der Waals surface area contributed by atoms with Gasteiger partial charge < -0.3 is 14.4 Å². The van der Waals surface area contributed by atoms with Gasteiger partial charge in [-0.15, -0.1) is 12.4 Å². The van der Waals surface area contributed by atoms with Crippen molar-refractivity contribution < 1.29 is 14.3 Å². The summed E-state index contributed by atoms with van der Waals surface area (Å²) < 4.78 is 10.4. The maximum Gasteiger partial charge on any atom is 0.409 e. The van der Waals surface area contributed by atoms with Crippen LogP contribution in [-0.4, -0.2) is 93.0 Å². The van der Waals surface area contributed by atoms with E-state index < -0.39 is 0 Å². The van der Waals surface area contributed by atoms with E-state index >= 15 is 0 Å². The number of hydrogen-bond acceptors (Lipinski definition) is 5. The lowest BCUT2D eigenvalue weighted by Gasteiger charge is -2.35. The highest BCUT2D eigenvalue weighted by Crippen LogP contribution is 2.04. The molecule has 0 spiro atoms. The first-order valence-corrected chi connectivity index (χ1v) is 7.23. The van der Waals surface area contributed by atoms with Crippen LogP contribution < -0.4 is 0 Å². The third-order valence-corrected chi connectivity index (χ3v) is 3.73. The Hall–Kier alpha value is -0.560. The first-order chi connectivity index (χ1) is 9.29. The molecule has 0 aliphatic carbocycles. The number of halogens is 1. The van der Waals surface area contributed by atoms with Crippen molar-refractivity contribution in [3.63, 3.8) is 0 Å². The average molecular weight is 308 g/mol. The molecule has 0 aromatic carbocycles. The number of amides is 1. The Bertz CT molecular complexity index is 280. The first-order valence-electron chi connectivity index (χ1n) is 7.23. The van der Waals surface area contributed by atoms with Gasteiger partial charge in [0.05, 0.1) is 19.8 Å². The second-order valence-corrected chi connectivity index (χ2v) is 4.98. The predicted octanol–water partition coefficient (Wildman–Crippen LogP) is 0.515. The summed E-state index contributed by atoms with van der Waals surface area (Å²) in [6, 6.07) is 0. The molecule has 2 fully saturated rings. The molecule has 0 atom stereocenters. The number of nitrogens with zero attached hydrogens (tertiary/aromatic N) is 3. The van der Waals surface area contributed by atoms with Gasteiger partial charge in [0.2, 0.25) is 0 Å². The summed E-state index contributed by atoms with van der Waals surface area (Å²) in [6.07, 6.45) is -0.171. The fraction of sp³-hybridized carbons (Fsp3) is 0.923. The number of piperazine rings is 1. The molecule has 6 nitrogen and oxygen atoms in total. The van der Waals surface area contributed by atoms with Gasteiger partial charge in [-0.05, 0) is 6.92 Å². The van der Waals surface area contributed by atoms with Crippen LogP contribution in [0.4, 0.5) is 4.79 Å². The van der Waals surface area contributed by atoms with E-state index in [1.165, 1.54) is 0 Å². The van der Waals surface area contributed by atoms with Crippen LogP contribution in [0.1, 0.15) is 6.92 Å². The Balaban J connectivity index is 0.00000200. The lowest BCUT2D eigenvalue weighted by atomic mass is 10.3. The molecule has 2 aliphatic rings. The second kappa shape index (κ2) is 9.39. The van der Waals surface area contributed by atoms with E-state index in [0.717, 1.165) is 65.6 Å². The summed E-state index contributed by atoms with van der Waals surface area (Å²) in [5.41, 5.74) is 0. The van der Waals surface area contributed by atoms with E-state index in [-0.39, 0.29) is 18.5 Å². The third-order valence-electron chi connectivity index (χ3n) is 3.73. The van der Waals surface area contributed by atoms with Gasteiger partial charge in [-0.25, -0.2) is 4.79 Å². The molecule has 0 unspecified atom stereocenters. The molecule has 20 heavy (non-hydrogen) atoms. The van der Waals surface area contributed by atoms with Crippen molar-refractivity contribution in [2.24, 2.45) is 0 Å². The quantitative estimate of drug-likeness (QED) is 0.757. The van der Waals surface area contributed by atoms with Crippen LogP contribution in [0.25, 0.3) is 0 Å². The first kappa shape index (κ1) is 17.5. The molecule has 0 bridgehead atoms. The fourth-order valence-electron chi connectivity index (χ4n) is 2.48. The molecule has 1 amide bonds. The van der Waals surface area contributed by atoms with Crippen LogP contribution in [-0.2, 0) is 9.47 Å². The lowest BCUT2D eigenvalue weighted by molar-refractivity contribution is 0.0291. The minimum absolute atomic E-state index is 0. The monoisotopic (exact) mass is 307 g/mol. The zero-order valence-electron chi connectivity index (χ0n) is 12.3. The number of carbonyl (C=O) groups is 1. The molecule has 2 heterocycles. The maximum absolute atomic E-state index is 11.6. The minimum Gasteiger partial charge on any atom is -0.450 e. The van der Waals surface area contributed by atoms with Crippen molar-refractivity contribution in [1.82, 2.24) is 14.7 Å². The lowest BCUT2D eigenvalue weighted by Crippen LogP contribution is -2.51. The van der Waals surface area contributed by atoms with Crippen molar-refractivity contribution in [1.29, 1.82) is 0 Å². The SMILES string of the molecule is CCOC(=O)N1CCN(CCN2CCOCC2)CC1.Cl. The smallest absolute Gasteiger partial charge is 0.409 e. The molecule has 2 rings (SSSR count). The van der Waals surface area contributed by atoms with Gasteiger partial charge in [-0.1, -0.05) is 0 Å². The van der Waals surface area contributed by atoms with Gasteiger partial charge in [0, 0.05) is 52.4 Å². The number of carbonyl (C=O) groups excluding carboxylic acids is 1. The molecule has 7 heteroatoms. The Morgan fingerprint density at radius 1 is 1.00 bits per heavy atom. The maximum atomic E-state index is 11.6. The van der Waals surface area contributed by atoms with Crippen LogP contribution in [0.5, 0.6) is 0 Å². The van der Waals surface area contributed by atoms with E-state index in [0.29, 0.717) is 6.61 Å². The molecular formula is C13H26ClN3O3. The highest BCUT2D eigenvalue weighted by atomic mass is 35.5. The molecule has 0 radical (unpaired) electrons. The van der Waals surface area contributed by atoms with E-state index in [4.69, 9.17) is 9.47 Å². The minimum atomic E-state index is -0.171. The highest BCUT2D eigenvalue weighted by molar-refractivity contribution is 5.85. The van der Waals surface area contributed by atoms with E-state index in [1.54, 1.807) is 4.90 Å². The zero-order chi connectivity index (χ0) is 13.5. The van der Waals surface area contributed by atoms with Crippen LogP contribution in [0.15, 0.2) is 0 Å². The standard InChI is InChI=1S/C13H25N3O3.ClH/c1-2-19-13(17)16-7-5-14(6-8-16)3-4-15-9-11-18-12-10-15;/h2-12H2,1H3;1H. The van der Waals surface area contributed by atoms with Crippen molar-refractivity contribution in [2.45, 2.75) is 6.92 Å². The summed E-state index contributed by atoms with van der Waals surface area (Å²) >= 11 is 0. The second-order valence-electron chi connectivity index (χ2n) is 4.98. The van der Waals surface area contributed by atoms with Crippen LogP contribution in [0.2, 0.25) is 0 Å². The molecule has 0 N–H and O–H groups in total. The van der Waals surface area contributed by atoms with E-state index in [2.05, 4.69) is 9.80 Å².